The van der Waals surface area contributed by atoms with Crippen LogP contribution in [0.5, 0.6) is 11.5 Å². The highest BCUT2D eigenvalue weighted by Gasteiger charge is 2.63. The number of fused-ring (bicyclic) bond motifs is 2. The minimum atomic E-state index is -0.569. The Balaban J connectivity index is 1.59. The molecule has 0 unspecified atom stereocenters. The largest absolute Gasteiger partial charge is 0.496 e. The van der Waals surface area contributed by atoms with Gasteiger partial charge in [-0.05, 0) is 23.6 Å². The Morgan fingerprint density at radius 3 is 2.77 bits per heavy atom. The van der Waals surface area contributed by atoms with E-state index in [0.717, 1.165) is 10.8 Å². The van der Waals surface area contributed by atoms with Crippen molar-refractivity contribution in [1.29, 1.82) is 0 Å². The molecule has 1 saturated heterocycles. The predicted octanol–water partition coefficient (Wildman–Crippen LogP) is 1.66. The van der Waals surface area contributed by atoms with E-state index in [4.69, 9.17) is 15.2 Å². The Labute approximate surface area is 149 Å². The van der Waals surface area contributed by atoms with Crippen molar-refractivity contribution in [2.45, 2.75) is 6.04 Å². The van der Waals surface area contributed by atoms with E-state index in [2.05, 4.69) is 5.32 Å². The van der Waals surface area contributed by atoms with E-state index in [9.17, 15) is 14.0 Å². The molecule has 2 aromatic carbocycles. The lowest BCUT2D eigenvalue weighted by Crippen LogP contribution is -2.37. The van der Waals surface area contributed by atoms with Gasteiger partial charge in [0, 0.05) is 23.1 Å². The second-order valence-corrected chi connectivity index (χ2v) is 6.74. The van der Waals surface area contributed by atoms with Crippen LogP contribution in [0.25, 0.3) is 10.8 Å². The molecule has 4 rings (SSSR count). The van der Waals surface area contributed by atoms with Gasteiger partial charge in [0.05, 0.1) is 25.4 Å². The molecule has 0 aromatic heterocycles. The SMILES string of the molecule is COc1cc2c(OC[C@H]3NC(=O)[C@@H]4[C@H](CF)[C@@H]43)cccc2cc1C(N)=O. The van der Waals surface area contributed by atoms with E-state index in [0.29, 0.717) is 17.1 Å². The second kappa shape index (κ2) is 6.16. The third kappa shape index (κ3) is 2.55. The van der Waals surface area contributed by atoms with Crippen LogP contribution in [-0.4, -0.2) is 38.2 Å². The molecular weight excluding hydrogens is 339 g/mol. The number of carbonyl (C=O) groups excluding carboxylic acids is 2. The van der Waals surface area contributed by atoms with Crippen molar-refractivity contribution in [1.82, 2.24) is 5.32 Å². The number of primary amides is 1. The fourth-order valence-corrected chi connectivity index (χ4v) is 3.99. The summed E-state index contributed by atoms with van der Waals surface area (Å²) < 4.78 is 24.1. The predicted molar refractivity (Wildman–Crippen MR) is 92.9 cm³/mol. The normalized spacial score (nSPS) is 26.3. The first-order valence-corrected chi connectivity index (χ1v) is 8.45. The molecule has 1 saturated carbocycles. The lowest BCUT2D eigenvalue weighted by atomic mass is 10.0. The molecule has 2 aliphatic rings. The molecule has 0 spiro atoms. The summed E-state index contributed by atoms with van der Waals surface area (Å²) in [5.41, 5.74) is 5.70. The highest BCUT2D eigenvalue weighted by molar-refractivity contribution is 6.02. The topological polar surface area (TPSA) is 90.7 Å². The molecule has 1 aliphatic carbocycles. The van der Waals surface area contributed by atoms with Crippen molar-refractivity contribution in [3.63, 3.8) is 0 Å². The van der Waals surface area contributed by atoms with Crippen molar-refractivity contribution in [3.05, 3.63) is 35.9 Å². The number of halogens is 1. The van der Waals surface area contributed by atoms with Crippen molar-refractivity contribution in [2.24, 2.45) is 23.5 Å². The van der Waals surface area contributed by atoms with Crippen LogP contribution < -0.4 is 20.5 Å². The monoisotopic (exact) mass is 358 g/mol. The smallest absolute Gasteiger partial charge is 0.252 e. The van der Waals surface area contributed by atoms with Crippen LogP contribution in [0.15, 0.2) is 30.3 Å². The van der Waals surface area contributed by atoms with Crippen LogP contribution >= 0.6 is 0 Å². The maximum atomic E-state index is 12.9. The molecule has 4 atom stereocenters. The standard InChI is InChI=1S/C19H19FN2O4/c1-25-15-6-10-9(5-11(15)18(21)23)3-2-4-14(10)26-8-13-16-12(7-20)17(16)19(24)22-13/h2-6,12-13,16-17H,7-8H2,1H3,(H2,21,23)(H,22,24)/t12-,13-,16-,17-/m1/s1. The molecule has 1 heterocycles. The Kier molecular flexibility index (Phi) is 3.94. The quantitative estimate of drug-likeness (QED) is 0.822. The molecule has 2 aromatic rings. The van der Waals surface area contributed by atoms with E-state index >= 15 is 0 Å². The highest BCUT2D eigenvalue weighted by Crippen LogP contribution is 2.52. The summed E-state index contributed by atoms with van der Waals surface area (Å²) in [7, 11) is 1.47. The summed E-state index contributed by atoms with van der Waals surface area (Å²) in [4.78, 5) is 23.4. The van der Waals surface area contributed by atoms with E-state index in [1.165, 1.54) is 7.11 Å². The number of methoxy groups -OCH3 is 1. The zero-order valence-corrected chi connectivity index (χ0v) is 14.2. The summed E-state index contributed by atoms with van der Waals surface area (Å²) in [6.07, 6.45) is 0. The first-order valence-electron chi connectivity index (χ1n) is 8.45. The maximum absolute atomic E-state index is 12.9. The average Bonchev–Trinajstić information content (AvgIpc) is 3.29. The van der Waals surface area contributed by atoms with Crippen molar-refractivity contribution < 1.29 is 23.5 Å². The number of ether oxygens (including phenoxy) is 2. The van der Waals surface area contributed by atoms with Crippen LogP contribution in [0.4, 0.5) is 4.39 Å². The average molecular weight is 358 g/mol. The van der Waals surface area contributed by atoms with Gasteiger partial charge in [0.15, 0.2) is 0 Å². The molecular formula is C19H19FN2O4. The molecule has 6 nitrogen and oxygen atoms in total. The van der Waals surface area contributed by atoms with Gasteiger partial charge in [-0.1, -0.05) is 12.1 Å². The molecule has 1 aliphatic heterocycles. The van der Waals surface area contributed by atoms with Gasteiger partial charge < -0.3 is 20.5 Å². The zero-order valence-electron chi connectivity index (χ0n) is 14.2. The lowest BCUT2D eigenvalue weighted by molar-refractivity contribution is -0.121. The molecule has 0 bridgehead atoms. The first kappa shape index (κ1) is 16.6. The van der Waals surface area contributed by atoms with Crippen molar-refractivity contribution >= 4 is 22.6 Å². The van der Waals surface area contributed by atoms with Gasteiger partial charge in [-0.15, -0.1) is 0 Å². The number of carbonyl (C=O) groups is 2. The minimum Gasteiger partial charge on any atom is -0.496 e. The van der Waals surface area contributed by atoms with Crippen molar-refractivity contribution in [3.8, 4) is 11.5 Å². The van der Waals surface area contributed by atoms with E-state index in [-0.39, 0.29) is 36.3 Å². The summed E-state index contributed by atoms with van der Waals surface area (Å²) >= 11 is 0. The molecule has 0 radical (unpaired) electrons. The van der Waals surface area contributed by atoms with E-state index in [1.54, 1.807) is 18.2 Å². The number of amides is 2. The van der Waals surface area contributed by atoms with Crippen LogP contribution in [-0.2, 0) is 4.79 Å². The molecule has 2 amide bonds. The van der Waals surface area contributed by atoms with Crippen LogP contribution in [0.3, 0.4) is 0 Å². The van der Waals surface area contributed by atoms with Crippen molar-refractivity contribution in [2.75, 3.05) is 20.4 Å². The molecule has 7 heteroatoms. The summed E-state index contributed by atoms with van der Waals surface area (Å²) in [5.74, 6) is -0.0550. The van der Waals surface area contributed by atoms with Gasteiger partial charge in [0.1, 0.15) is 18.1 Å². The van der Waals surface area contributed by atoms with Crippen LogP contribution in [0.2, 0.25) is 0 Å². The molecule has 2 fully saturated rings. The van der Waals surface area contributed by atoms with Crippen LogP contribution in [0, 0.1) is 17.8 Å². The second-order valence-electron chi connectivity index (χ2n) is 6.74. The fourth-order valence-electron chi connectivity index (χ4n) is 3.99. The van der Waals surface area contributed by atoms with E-state index in [1.807, 2.05) is 12.1 Å². The Hall–Kier alpha value is -2.83. The summed E-state index contributed by atoms with van der Waals surface area (Å²) in [6, 6.07) is 8.65. The first-order chi connectivity index (χ1) is 12.5. The van der Waals surface area contributed by atoms with Gasteiger partial charge in [-0.2, -0.15) is 0 Å². The fraction of sp³-hybridized carbons (Fsp3) is 0.368. The number of alkyl halides is 1. The van der Waals surface area contributed by atoms with Gasteiger partial charge in [0.2, 0.25) is 5.91 Å². The number of nitrogens with one attached hydrogen (secondary N) is 1. The Morgan fingerprint density at radius 1 is 1.31 bits per heavy atom. The zero-order chi connectivity index (χ0) is 18.4. The van der Waals surface area contributed by atoms with Gasteiger partial charge in [0.25, 0.3) is 5.91 Å². The third-order valence-corrected chi connectivity index (χ3v) is 5.35. The number of benzene rings is 2. The number of piperidine rings is 1. The number of nitrogens with two attached hydrogens (primary N) is 1. The van der Waals surface area contributed by atoms with Gasteiger partial charge >= 0.3 is 0 Å². The van der Waals surface area contributed by atoms with E-state index < -0.39 is 12.6 Å². The van der Waals surface area contributed by atoms with Gasteiger partial charge in [-0.25, -0.2) is 0 Å². The summed E-state index contributed by atoms with van der Waals surface area (Å²) in [6.45, 7) is -0.205. The Bertz CT molecular complexity index is 900. The highest BCUT2D eigenvalue weighted by atomic mass is 19.1. The number of hydrogen-bond donors (Lipinski definition) is 2. The third-order valence-electron chi connectivity index (χ3n) is 5.35. The lowest BCUT2D eigenvalue weighted by Gasteiger charge is -2.17. The Morgan fingerprint density at radius 2 is 2.12 bits per heavy atom. The van der Waals surface area contributed by atoms with Gasteiger partial charge in [-0.3, -0.25) is 14.0 Å². The molecule has 26 heavy (non-hydrogen) atoms. The maximum Gasteiger partial charge on any atom is 0.252 e. The summed E-state index contributed by atoms with van der Waals surface area (Å²) in [5, 5.41) is 4.43. The van der Waals surface area contributed by atoms with Crippen LogP contribution in [0.1, 0.15) is 10.4 Å². The number of hydrogen-bond acceptors (Lipinski definition) is 4. The number of rotatable bonds is 6. The molecule has 136 valence electrons. The minimum absolute atomic E-state index is 0.0125. The molecule has 3 N–H and O–H groups in total.